The van der Waals surface area contributed by atoms with Gasteiger partial charge < -0.3 is 15.0 Å². The van der Waals surface area contributed by atoms with E-state index in [1.165, 1.54) is 0 Å². The van der Waals surface area contributed by atoms with Crippen molar-refractivity contribution in [1.29, 1.82) is 0 Å². The quantitative estimate of drug-likeness (QED) is 0.685. The van der Waals surface area contributed by atoms with E-state index in [9.17, 15) is 0 Å². The molecule has 0 unspecified atom stereocenters. The van der Waals surface area contributed by atoms with Gasteiger partial charge in [-0.3, -0.25) is 0 Å². The molecule has 0 saturated carbocycles. The zero-order valence-corrected chi connectivity index (χ0v) is 13.9. The third kappa shape index (κ3) is 3.34. The van der Waals surface area contributed by atoms with Gasteiger partial charge in [0.2, 0.25) is 0 Å². The van der Waals surface area contributed by atoms with Crippen LogP contribution in [0.2, 0.25) is 0 Å². The van der Waals surface area contributed by atoms with Crippen molar-refractivity contribution in [2.24, 2.45) is 5.73 Å². The summed E-state index contributed by atoms with van der Waals surface area (Å²) in [7, 11) is -0.414. The summed E-state index contributed by atoms with van der Waals surface area (Å²) < 4.78 is 12.1. The summed E-state index contributed by atoms with van der Waals surface area (Å²) >= 11 is 5.99. The summed E-state index contributed by atoms with van der Waals surface area (Å²) in [4.78, 5) is 0. The Kier molecular flexibility index (Phi) is 4.84. The summed E-state index contributed by atoms with van der Waals surface area (Å²) in [6, 6.07) is 8.00. The number of halogens is 1. The van der Waals surface area contributed by atoms with Crippen LogP contribution in [0, 0.1) is 0 Å². The number of rotatable bonds is 4. The molecular weight excluding hydrogens is 284 g/mol. The molecule has 1 heterocycles. The Hall–Kier alpha value is -0.805. The van der Waals surface area contributed by atoms with Gasteiger partial charge in [-0.1, -0.05) is 30.3 Å². The largest absolute Gasteiger partial charge is 0.491 e. The molecule has 0 amide bonds. The van der Waals surface area contributed by atoms with Crippen molar-refractivity contribution in [3.8, 4) is 0 Å². The molecule has 1 aromatic carbocycles. The molecule has 0 spiro atoms. The Labute approximate surface area is 132 Å². The van der Waals surface area contributed by atoms with Crippen LogP contribution < -0.4 is 5.73 Å². The van der Waals surface area contributed by atoms with Gasteiger partial charge in [0.15, 0.2) is 0 Å². The SMILES string of the molecule is CC1(C)OB(C(=Cc2ccccc2CCl)CN)OC1(C)C. The molecule has 0 bridgehead atoms. The van der Waals surface area contributed by atoms with Crippen LogP contribution in [0.4, 0.5) is 0 Å². The number of hydrogen-bond acceptors (Lipinski definition) is 3. The highest BCUT2D eigenvalue weighted by Crippen LogP contribution is 2.38. The predicted molar refractivity (Wildman–Crippen MR) is 89.1 cm³/mol. The Morgan fingerprint density at radius 2 is 1.76 bits per heavy atom. The lowest BCUT2D eigenvalue weighted by Gasteiger charge is -2.32. The zero-order valence-electron chi connectivity index (χ0n) is 13.2. The van der Waals surface area contributed by atoms with Crippen molar-refractivity contribution in [2.45, 2.75) is 44.8 Å². The van der Waals surface area contributed by atoms with E-state index in [4.69, 9.17) is 26.6 Å². The molecule has 1 aliphatic rings. The van der Waals surface area contributed by atoms with Gasteiger partial charge in [0, 0.05) is 12.4 Å². The van der Waals surface area contributed by atoms with Gasteiger partial charge in [-0.2, -0.15) is 0 Å². The molecule has 1 fully saturated rings. The minimum atomic E-state index is -0.414. The minimum Gasteiger partial charge on any atom is -0.400 e. The molecule has 1 aromatic rings. The van der Waals surface area contributed by atoms with E-state index in [2.05, 4.69) is 0 Å². The van der Waals surface area contributed by atoms with Gasteiger partial charge in [0.1, 0.15) is 0 Å². The molecule has 0 radical (unpaired) electrons. The first-order valence-corrected chi connectivity index (χ1v) is 7.74. The summed E-state index contributed by atoms with van der Waals surface area (Å²) in [5.74, 6) is 0.466. The van der Waals surface area contributed by atoms with Crippen LogP contribution in [0.25, 0.3) is 6.08 Å². The van der Waals surface area contributed by atoms with Crippen molar-refractivity contribution in [1.82, 2.24) is 0 Å². The third-order valence-corrected chi connectivity index (χ3v) is 4.62. The number of nitrogens with two attached hydrogens (primary N) is 1. The molecule has 1 aliphatic heterocycles. The fraction of sp³-hybridized carbons (Fsp3) is 0.500. The molecule has 2 N–H and O–H groups in total. The fourth-order valence-corrected chi connectivity index (χ4v) is 2.46. The highest BCUT2D eigenvalue weighted by Gasteiger charge is 2.52. The third-order valence-electron chi connectivity index (χ3n) is 4.33. The topological polar surface area (TPSA) is 44.5 Å². The maximum absolute atomic E-state index is 6.06. The van der Waals surface area contributed by atoms with E-state index < -0.39 is 7.12 Å². The first-order valence-electron chi connectivity index (χ1n) is 7.21. The van der Waals surface area contributed by atoms with Crippen LogP contribution in [-0.4, -0.2) is 24.9 Å². The molecule has 0 aliphatic carbocycles. The summed E-state index contributed by atoms with van der Waals surface area (Å²) in [5, 5.41) is 0. The Morgan fingerprint density at radius 1 is 1.19 bits per heavy atom. The van der Waals surface area contributed by atoms with E-state index in [0.717, 1.165) is 16.6 Å². The lowest BCUT2D eigenvalue weighted by molar-refractivity contribution is 0.00578. The van der Waals surface area contributed by atoms with Gasteiger partial charge in [-0.05, 0) is 44.3 Å². The second-order valence-corrected chi connectivity index (χ2v) is 6.61. The van der Waals surface area contributed by atoms with Gasteiger partial charge in [-0.15, -0.1) is 11.6 Å². The first-order chi connectivity index (χ1) is 9.80. The number of benzene rings is 1. The van der Waals surface area contributed by atoms with Crippen LogP contribution in [0.15, 0.2) is 29.7 Å². The summed E-state index contributed by atoms with van der Waals surface area (Å²) in [6.07, 6.45) is 2.03. The second-order valence-electron chi connectivity index (χ2n) is 6.34. The molecule has 3 nitrogen and oxygen atoms in total. The van der Waals surface area contributed by atoms with Crippen LogP contribution in [0.5, 0.6) is 0 Å². The van der Waals surface area contributed by atoms with Gasteiger partial charge in [-0.25, -0.2) is 0 Å². The van der Waals surface area contributed by atoms with Crippen molar-refractivity contribution < 1.29 is 9.31 Å². The zero-order chi connectivity index (χ0) is 15.7. The van der Waals surface area contributed by atoms with E-state index >= 15 is 0 Å². The van der Waals surface area contributed by atoms with E-state index in [-0.39, 0.29) is 11.2 Å². The van der Waals surface area contributed by atoms with Crippen molar-refractivity contribution in [3.63, 3.8) is 0 Å². The van der Waals surface area contributed by atoms with E-state index in [1.54, 1.807) is 0 Å². The molecule has 21 heavy (non-hydrogen) atoms. The Morgan fingerprint density at radius 3 is 2.29 bits per heavy atom. The Balaban J connectivity index is 2.31. The monoisotopic (exact) mass is 307 g/mol. The van der Waals surface area contributed by atoms with Gasteiger partial charge >= 0.3 is 7.12 Å². The molecule has 114 valence electrons. The summed E-state index contributed by atoms with van der Waals surface area (Å²) in [5.41, 5.74) is 8.23. The second kappa shape index (κ2) is 6.13. The standard InChI is InChI=1S/C16H23BClNO2/c1-15(2)16(3,4)21-17(20-15)14(11-19)9-12-7-5-6-8-13(12)10-18/h5-9H,10-11,19H2,1-4H3. The molecule has 1 saturated heterocycles. The molecule has 5 heteroatoms. The van der Waals surface area contributed by atoms with Crippen LogP contribution in [0.1, 0.15) is 38.8 Å². The fourth-order valence-electron chi connectivity index (χ4n) is 2.21. The normalized spacial score (nSPS) is 20.9. The Bertz CT molecular complexity index is 527. The van der Waals surface area contributed by atoms with Crippen LogP contribution >= 0.6 is 11.6 Å². The first kappa shape index (κ1) is 16.6. The molecule has 0 aromatic heterocycles. The lowest BCUT2D eigenvalue weighted by Crippen LogP contribution is -2.41. The maximum atomic E-state index is 6.06. The van der Waals surface area contributed by atoms with Crippen molar-refractivity contribution >= 4 is 24.8 Å². The minimum absolute atomic E-state index is 0.363. The van der Waals surface area contributed by atoms with Crippen LogP contribution in [-0.2, 0) is 15.2 Å². The average molecular weight is 308 g/mol. The van der Waals surface area contributed by atoms with E-state index in [0.29, 0.717) is 12.4 Å². The molecule has 0 atom stereocenters. The highest BCUT2D eigenvalue weighted by atomic mass is 35.5. The van der Waals surface area contributed by atoms with Gasteiger partial charge in [0.25, 0.3) is 0 Å². The molecule has 2 rings (SSSR count). The predicted octanol–water partition coefficient (Wildman–Crippen LogP) is 3.40. The highest BCUT2D eigenvalue weighted by molar-refractivity contribution is 6.55. The van der Waals surface area contributed by atoms with E-state index in [1.807, 2.05) is 58.0 Å². The lowest BCUT2D eigenvalue weighted by atomic mass is 9.77. The van der Waals surface area contributed by atoms with Crippen molar-refractivity contribution in [3.05, 3.63) is 40.9 Å². The number of alkyl halides is 1. The number of hydrogen-bond donors (Lipinski definition) is 1. The molecular formula is C16H23BClNO2. The van der Waals surface area contributed by atoms with Crippen LogP contribution in [0.3, 0.4) is 0 Å². The smallest absolute Gasteiger partial charge is 0.400 e. The van der Waals surface area contributed by atoms with Crippen molar-refractivity contribution in [2.75, 3.05) is 6.54 Å². The summed E-state index contributed by atoms with van der Waals surface area (Å²) in [6.45, 7) is 8.52. The van der Waals surface area contributed by atoms with Gasteiger partial charge in [0.05, 0.1) is 11.2 Å². The average Bonchev–Trinajstić information content (AvgIpc) is 2.65. The maximum Gasteiger partial charge on any atom is 0.491 e.